The zero-order valence-corrected chi connectivity index (χ0v) is 12.7. The fourth-order valence-corrected chi connectivity index (χ4v) is 2.86. The van der Waals surface area contributed by atoms with E-state index in [0.717, 1.165) is 11.1 Å². The Labute approximate surface area is 124 Å². The second kappa shape index (κ2) is 6.00. The molecular weight excluding hydrogens is 339 g/mol. The van der Waals surface area contributed by atoms with E-state index in [1.54, 1.807) is 24.7 Å². The van der Waals surface area contributed by atoms with Crippen LogP contribution in [0.15, 0.2) is 35.1 Å². The molecule has 0 spiro atoms. The normalized spacial score (nSPS) is 12.4. The van der Waals surface area contributed by atoms with Crippen LogP contribution < -0.4 is 4.74 Å². The second-order valence-electron chi connectivity index (χ2n) is 3.66. The van der Waals surface area contributed by atoms with Crippen molar-refractivity contribution in [2.45, 2.75) is 11.8 Å². The van der Waals surface area contributed by atoms with Crippen LogP contribution in [-0.2, 0) is 0 Å². The number of halogens is 3. The molecular formula is C13H11BrCl2O2. The van der Waals surface area contributed by atoms with Crippen molar-refractivity contribution in [3.8, 4) is 5.75 Å². The van der Waals surface area contributed by atoms with Crippen molar-refractivity contribution in [1.82, 2.24) is 0 Å². The summed E-state index contributed by atoms with van der Waals surface area (Å²) < 4.78 is 10.5. The highest BCUT2D eigenvalue weighted by molar-refractivity contribution is 9.09. The molecule has 2 rings (SSSR count). The molecule has 0 aliphatic rings. The monoisotopic (exact) mass is 348 g/mol. The summed E-state index contributed by atoms with van der Waals surface area (Å²) in [7, 11) is 0. The number of hydrogen-bond acceptors (Lipinski definition) is 2. The van der Waals surface area contributed by atoms with Gasteiger partial charge < -0.3 is 9.15 Å². The SMILES string of the molecule is CCOc1cc(Cl)c(C(Br)c2ccoc2)cc1Cl. The lowest BCUT2D eigenvalue weighted by molar-refractivity contribution is 0.340. The molecule has 0 radical (unpaired) electrons. The molecule has 1 heterocycles. The number of alkyl halides is 1. The molecule has 1 atom stereocenters. The van der Waals surface area contributed by atoms with E-state index in [2.05, 4.69) is 15.9 Å². The lowest BCUT2D eigenvalue weighted by atomic mass is 10.1. The van der Waals surface area contributed by atoms with Gasteiger partial charge in [0.25, 0.3) is 0 Å². The third-order valence-electron chi connectivity index (χ3n) is 2.46. The first-order valence-electron chi connectivity index (χ1n) is 5.41. The van der Waals surface area contributed by atoms with Crippen molar-refractivity contribution in [2.75, 3.05) is 6.61 Å². The largest absolute Gasteiger partial charge is 0.492 e. The maximum Gasteiger partial charge on any atom is 0.139 e. The second-order valence-corrected chi connectivity index (χ2v) is 5.39. The molecule has 1 unspecified atom stereocenters. The van der Waals surface area contributed by atoms with Crippen LogP contribution in [0.4, 0.5) is 0 Å². The standard InChI is InChI=1S/C13H11BrCl2O2/c1-2-18-12-6-10(15)9(5-11(12)16)13(14)8-3-4-17-7-8/h3-7,13H,2H2,1H3. The minimum absolute atomic E-state index is 0.0584. The molecule has 5 heteroatoms. The number of ether oxygens (including phenoxy) is 1. The van der Waals surface area contributed by atoms with Gasteiger partial charge in [0.15, 0.2) is 0 Å². The predicted octanol–water partition coefficient (Wildman–Crippen LogP) is 5.47. The molecule has 0 saturated heterocycles. The number of hydrogen-bond donors (Lipinski definition) is 0. The van der Waals surface area contributed by atoms with Gasteiger partial charge in [0, 0.05) is 16.7 Å². The Morgan fingerprint density at radius 3 is 2.72 bits per heavy atom. The van der Waals surface area contributed by atoms with Gasteiger partial charge in [0.05, 0.1) is 29.0 Å². The van der Waals surface area contributed by atoms with Gasteiger partial charge in [-0.1, -0.05) is 39.1 Å². The van der Waals surface area contributed by atoms with Crippen molar-refractivity contribution in [3.63, 3.8) is 0 Å². The van der Waals surface area contributed by atoms with E-state index in [1.165, 1.54) is 0 Å². The predicted molar refractivity (Wildman–Crippen MR) is 77.1 cm³/mol. The fraction of sp³-hybridized carbons (Fsp3) is 0.231. The van der Waals surface area contributed by atoms with Crippen molar-refractivity contribution in [3.05, 3.63) is 51.9 Å². The maximum absolute atomic E-state index is 6.25. The summed E-state index contributed by atoms with van der Waals surface area (Å²) in [5.41, 5.74) is 1.86. The summed E-state index contributed by atoms with van der Waals surface area (Å²) in [6.07, 6.45) is 3.29. The Balaban J connectivity index is 2.37. The average molecular weight is 350 g/mol. The van der Waals surface area contributed by atoms with Crippen LogP contribution in [-0.4, -0.2) is 6.61 Å². The van der Waals surface area contributed by atoms with Gasteiger partial charge in [-0.3, -0.25) is 0 Å². The fourth-order valence-electron chi connectivity index (χ4n) is 1.60. The van der Waals surface area contributed by atoms with Gasteiger partial charge in [0.1, 0.15) is 5.75 Å². The molecule has 0 fully saturated rings. The molecule has 1 aromatic heterocycles. The minimum Gasteiger partial charge on any atom is -0.492 e. The van der Waals surface area contributed by atoms with Crippen LogP contribution in [0, 0.1) is 0 Å². The van der Waals surface area contributed by atoms with Gasteiger partial charge in [-0.05, 0) is 24.6 Å². The van der Waals surface area contributed by atoms with E-state index >= 15 is 0 Å². The van der Waals surface area contributed by atoms with Gasteiger partial charge in [-0.2, -0.15) is 0 Å². The number of benzene rings is 1. The van der Waals surface area contributed by atoms with E-state index in [1.807, 2.05) is 13.0 Å². The summed E-state index contributed by atoms with van der Waals surface area (Å²) in [4.78, 5) is -0.0584. The van der Waals surface area contributed by atoms with Crippen molar-refractivity contribution in [1.29, 1.82) is 0 Å². The van der Waals surface area contributed by atoms with Crippen molar-refractivity contribution >= 4 is 39.1 Å². The van der Waals surface area contributed by atoms with Crippen LogP contribution in [0.1, 0.15) is 22.9 Å². The Bertz CT molecular complexity index is 526. The summed E-state index contributed by atoms with van der Waals surface area (Å²) in [6.45, 7) is 2.45. The lowest BCUT2D eigenvalue weighted by Gasteiger charge is -2.13. The Kier molecular flexibility index (Phi) is 4.60. The van der Waals surface area contributed by atoms with E-state index in [0.29, 0.717) is 22.4 Å². The highest BCUT2D eigenvalue weighted by Crippen LogP contribution is 2.40. The molecule has 0 N–H and O–H groups in total. The van der Waals surface area contributed by atoms with E-state index < -0.39 is 0 Å². The van der Waals surface area contributed by atoms with E-state index in [9.17, 15) is 0 Å². The molecule has 0 amide bonds. The van der Waals surface area contributed by atoms with Crippen molar-refractivity contribution in [2.24, 2.45) is 0 Å². The summed E-state index contributed by atoms with van der Waals surface area (Å²) in [5, 5.41) is 1.15. The van der Waals surface area contributed by atoms with Gasteiger partial charge in [-0.25, -0.2) is 0 Å². The third kappa shape index (κ3) is 2.85. The summed E-state index contributed by atoms with van der Waals surface area (Å²) >= 11 is 16.0. The molecule has 2 aromatic rings. The van der Waals surface area contributed by atoms with E-state index in [4.69, 9.17) is 32.4 Å². The molecule has 0 bridgehead atoms. The molecule has 2 nitrogen and oxygen atoms in total. The quantitative estimate of drug-likeness (QED) is 0.683. The Morgan fingerprint density at radius 1 is 1.33 bits per heavy atom. The molecule has 0 aliphatic carbocycles. The average Bonchev–Trinajstić information content (AvgIpc) is 2.86. The first-order valence-corrected chi connectivity index (χ1v) is 7.08. The number of furan rings is 1. The van der Waals surface area contributed by atoms with Gasteiger partial charge in [-0.15, -0.1) is 0 Å². The number of rotatable bonds is 4. The lowest BCUT2D eigenvalue weighted by Crippen LogP contribution is -1.96. The Morgan fingerprint density at radius 2 is 2.11 bits per heavy atom. The minimum atomic E-state index is -0.0584. The first kappa shape index (κ1) is 13.8. The van der Waals surface area contributed by atoms with Crippen LogP contribution in [0.3, 0.4) is 0 Å². The van der Waals surface area contributed by atoms with Gasteiger partial charge >= 0.3 is 0 Å². The molecule has 0 aliphatic heterocycles. The smallest absolute Gasteiger partial charge is 0.139 e. The highest BCUT2D eigenvalue weighted by atomic mass is 79.9. The summed E-state index contributed by atoms with van der Waals surface area (Å²) in [5.74, 6) is 0.597. The third-order valence-corrected chi connectivity index (χ3v) is 4.10. The molecule has 96 valence electrons. The molecule has 0 saturated carbocycles. The zero-order chi connectivity index (χ0) is 13.1. The first-order chi connectivity index (χ1) is 8.63. The van der Waals surface area contributed by atoms with E-state index in [-0.39, 0.29) is 4.83 Å². The zero-order valence-electron chi connectivity index (χ0n) is 9.62. The molecule has 18 heavy (non-hydrogen) atoms. The van der Waals surface area contributed by atoms with Crippen LogP contribution in [0.25, 0.3) is 0 Å². The van der Waals surface area contributed by atoms with Crippen LogP contribution >= 0.6 is 39.1 Å². The Hall–Kier alpha value is -0.640. The van der Waals surface area contributed by atoms with Crippen LogP contribution in [0.2, 0.25) is 10.0 Å². The van der Waals surface area contributed by atoms with Crippen LogP contribution in [0.5, 0.6) is 5.75 Å². The molecule has 1 aromatic carbocycles. The van der Waals surface area contributed by atoms with Gasteiger partial charge in [0.2, 0.25) is 0 Å². The summed E-state index contributed by atoms with van der Waals surface area (Å²) in [6, 6.07) is 5.42. The van der Waals surface area contributed by atoms with Crippen molar-refractivity contribution < 1.29 is 9.15 Å². The maximum atomic E-state index is 6.25. The topological polar surface area (TPSA) is 22.4 Å². The highest BCUT2D eigenvalue weighted by Gasteiger charge is 2.17.